The van der Waals surface area contributed by atoms with E-state index in [1.165, 1.54) is 11.8 Å². The number of carbonyl (C=O) groups is 2. The fourth-order valence-electron chi connectivity index (χ4n) is 2.82. The van der Waals surface area contributed by atoms with Crippen molar-refractivity contribution in [1.82, 2.24) is 10.2 Å². The van der Waals surface area contributed by atoms with Gasteiger partial charge in [0.15, 0.2) is 0 Å². The van der Waals surface area contributed by atoms with Crippen molar-refractivity contribution in [3.05, 3.63) is 65.2 Å². The van der Waals surface area contributed by atoms with Gasteiger partial charge in [-0.2, -0.15) is 0 Å². The van der Waals surface area contributed by atoms with Crippen molar-refractivity contribution in [2.45, 2.75) is 30.7 Å². The summed E-state index contributed by atoms with van der Waals surface area (Å²) in [5.41, 5.74) is 1.15. The predicted molar refractivity (Wildman–Crippen MR) is 112 cm³/mol. The zero-order valence-corrected chi connectivity index (χ0v) is 17.2. The zero-order chi connectivity index (χ0) is 19.6. The van der Waals surface area contributed by atoms with Crippen molar-refractivity contribution in [2.24, 2.45) is 0 Å². The van der Waals surface area contributed by atoms with Crippen LogP contribution in [0.1, 0.15) is 18.9 Å². The van der Waals surface area contributed by atoms with Crippen molar-refractivity contribution < 1.29 is 9.59 Å². The van der Waals surface area contributed by atoms with Gasteiger partial charge in [0.1, 0.15) is 6.04 Å². The molecule has 0 unspecified atom stereocenters. The summed E-state index contributed by atoms with van der Waals surface area (Å²) in [6.07, 6.45) is 1.29. The van der Waals surface area contributed by atoms with Crippen LogP contribution in [0.15, 0.2) is 59.5 Å². The Morgan fingerprint density at radius 1 is 1.11 bits per heavy atom. The minimum atomic E-state index is -0.461. The van der Waals surface area contributed by atoms with Gasteiger partial charge in [-0.05, 0) is 42.7 Å². The maximum absolute atomic E-state index is 12.9. The van der Waals surface area contributed by atoms with E-state index in [1.54, 1.807) is 24.1 Å². The third kappa shape index (κ3) is 6.60. The first-order chi connectivity index (χ1) is 13.0. The molecule has 0 fully saturated rings. The van der Waals surface area contributed by atoms with Crippen LogP contribution in [-0.4, -0.2) is 42.1 Å². The summed E-state index contributed by atoms with van der Waals surface area (Å²) in [6, 6.07) is 16.9. The lowest BCUT2D eigenvalue weighted by Gasteiger charge is -2.30. The van der Waals surface area contributed by atoms with Crippen molar-refractivity contribution in [3.63, 3.8) is 0 Å². The summed E-state index contributed by atoms with van der Waals surface area (Å²) in [7, 11) is 1.60. The third-order valence-electron chi connectivity index (χ3n) is 4.29. The highest BCUT2D eigenvalue weighted by molar-refractivity contribution is 8.00. The number of amides is 2. The van der Waals surface area contributed by atoms with Crippen LogP contribution in [0, 0.1) is 0 Å². The molecular formula is C21H25ClN2O2S. The highest BCUT2D eigenvalue weighted by Crippen LogP contribution is 2.21. The Hall–Kier alpha value is -1.98. The van der Waals surface area contributed by atoms with Gasteiger partial charge in [0.05, 0.1) is 5.75 Å². The first-order valence-electron chi connectivity index (χ1n) is 8.98. The molecular weight excluding hydrogens is 380 g/mol. The minimum absolute atomic E-state index is 0.0404. The molecule has 27 heavy (non-hydrogen) atoms. The van der Waals surface area contributed by atoms with Crippen molar-refractivity contribution >= 4 is 35.2 Å². The Balaban J connectivity index is 2.07. The molecule has 0 radical (unpaired) electrons. The van der Waals surface area contributed by atoms with E-state index in [1.807, 2.05) is 49.4 Å². The molecule has 0 spiro atoms. The van der Waals surface area contributed by atoms with E-state index < -0.39 is 6.04 Å². The number of benzene rings is 2. The van der Waals surface area contributed by atoms with E-state index in [2.05, 4.69) is 5.32 Å². The number of nitrogens with one attached hydrogen (secondary N) is 1. The van der Waals surface area contributed by atoms with Gasteiger partial charge >= 0.3 is 0 Å². The molecule has 0 bridgehead atoms. The van der Waals surface area contributed by atoms with Gasteiger partial charge in [0, 0.05) is 23.5 Å². The fourth-order valence-corrected chi connectivity index (χ4v) is 3.73. The number of hydrogen-bond donors (Lipinski definition) is 1. The van der Waals surface area contributed by atoms with Gasteiger partial charge in [-0.15, -0.1) is 11.8 Å². The van der Waals surface area contributed by atoms with Crippen LogP contribution in [-0.2, 0) is 16.0 Å². The monoisotopic (exact) mass is 404 g/mol. The highest BCUT2D eigenvalue weighted by atomic mass is 35.5. The summed E-state index contributed by atoms with van der Waals surface area (Å²) in [5.74, 6) is 0.112. The maximum atomic E-state index is 12.9. The lowest BCUT2D eigenvalue weighted by Crippen LogP contribution is -2.50. The van der Waals surface area contributed by atoms with Crippen LogP contribution >= 0.6 is 23.4 Å². The number of rotatable bonds is 9. The molecule has 0 aromatic heterocycles. The van der Waals surface area contributed by atoms with Crippen LogP contribution in [0.4, 0.5) is 0 Å². The molecule has 6 heteroatoms. The number of thioether (sulfide) groups is 1. The van der Waals surface area contributed by atoms with Crippen LogP contribution < -0.4 is 5.32 Å². The molecule has 1 atom stereocenters. The number of nitrogens with zero attached hydrogens (tertiary/aromatic N) is 1. The molecule has 4 nitrogen and oxygen atoms in total. The first-order valence-corrected chi connectivity index (χ1v) is 10.3. The van der Waals surface area contributed by atoms with E-state index in [0.29, 0.717) is 24.4 Å². The van der Waals surface area contributed by atoms with Crippen LogP contribution in [0.5, 0.6) is 0 Å². The van der Waals surface area contributed by atoms with Gasteiger partial charge in [0.25, 0.3) is 0 Å². The normalized spacial score (nSPS) is 11.7. The van der Waals surface area contributed by atoms with E-state index in [9.17, 15) is 9.59 Å². The second-order valence-corrected chi connectivity index (χ2v) is 7.59. The number of likely N-dealkylation sites (N-methyl/N-ethyl adjacent to an activating group) is 1. The average Bonchev–Trinajstić information content (AvgIpc) is 2.70. The Morgan fingerprint density at radius 3 is 2.37 bits per heavy atom. The lowest BCUT2D eigenvalue weighted by atomic mass is 10.1. The lowest BCUT2D eigenvalue weighted by molar-refractivity contribution is -0.138. The van der Waals surface area contributed by atoms with Crippen molar-refractivity contribution in [1.29, 1.82) is 0 Å². The molecule has 0 aliphatic rings. The maximum Gasteiger partial charge on any atom is 0.242 e. The Morgan fingerprint density at radius 2 is 1.78 bits per heavy atom. The van der Waals surface area contributed by atoms with Crippen LogP contribution in [0.3, 0.4) is 0 Å². The molecule has 0 aliphatic heterocycles. The standard InChI is InChI=1S/C21H25ClN2O2S/c1-3-19(21(26)23-2)24(14-13-16-7-5-4-6-8-16)20(25)15-27-18-11-9-17(22)10-12-18/h4-12,19H,3,13-15H2,1-2H3,(H,23,26)/t19-/m1/s1. The van der Waals surface area contributed by atoms with Gasteiger partial charge < -0.3 is 10.2 Å². The Bertz CT molecular complexity index is 738. The van der Waals surface area contributed by atoms with E-state index >= 15 is 0 Å². The molecule has 2 aromatic carbocycles. The fraction of sp³-hybridized carbons (Fsp3) is 0.333. The molecule has 2 amide bonds. The van der Waals surface area contributed by atoms with E-state index in [0.717, 1.165) is 10.5 Å². The van der Waals surface area contributed by atoms with Crippen molar-refractivity contribution in [3.8, 4) is 0 Å². The first kappa shape index (κ1) is 21.3. The van der Waals surface area contributed by atoms with Gasteiger partial charge in [-0.3, -0.25) is 9.59 Å². The SMILES string of the molecule is CC[C@H](C(=O)NC)N(CCc1ccccc1)C(=O)CSc1ccc(Cl)cc1. The summed E-state index contributed by atoms with van der Waals surface area (Å²) in [4.78, 5) is 27.9. The summed E-state index contributed by atoms with van der Waals surface area (Å²) >= 11 is 7.36. The minimum Gasteiger partial charge on any atom is -0.357 e. The average molecular weight is 405 g/mol. The topological polar surface area (TPSA) is 49.4 Å². The molecule has 0 heterocycles. The highest BCUT2D eigenvalue weighted by Gasteiger charge is 2.27. The summed E-state index contributed by atoms with van der Waals surface area (Å²) < 4.78 is 0. The molecule has 2 rings (SSSR count). The number of carbonyl (C=O) groups excluding carboxylic acids is 2. The smallest absolute Gasteiger partial charge is 0.242 e. The summed E-state index contributed by atoms with van der Waals surface area (Å²) in [6.45, 7) is 2.44. The molecule has 144 valence electrons. The Kier molecular flexibility index (Phi) is 8.69. The van der Waals surface area contributed by atoms with E-state index in [-0.39, 0.29) is 17.6 Å². The quantitative estimate of drug-likeness (QED) is 0.642. The Labute approximate surface area is 170 Å². The van der Waals surface area contributed by atoms with Crippen LogP contribution in [0.2, 0.25) is 5.02 Å². The third-order valence-corrected chi connectivity index (χ3v) is 5.54. The van der Waals surface area contributed by atoms with Gasteiger partial charge in [-0.1, -0.05) is 48.9 Å². The number of halogens is 1. The van der Waals surface area contributed by atoms with Gasteiger partial charge in [0.2, 0.25) is 11.8 Å². The second-order valence-electron chi connectivity index (χ2n) is 6.10. The largest absolute Gasteiger partial charge is 0.357 e. The van der Waals surface area contributed by atoms with E-state index in [4.69, 9.17) is 11.6 Å². The molecule has 2 aromatic rings. The van der Waals surface area contributed by atoms with Crippen molar-refractivity contribution in [2.75, 3.05) is 19.3 Å². The zero-order valence-electron chi connectivity index (χ0n) is 15.7. The summed E-state index contributed by atoms with van der Waals surface area (Å²) in [5, 5.41) is 3.34. The number of hydrogen-bond acceptors (Lipinski definition) is 3. The second kappa shape index (κ2) is 11.0. The molecule has 1 N–H and O–H groups in total. The van der Waals surface area contributed by atoms with Crippen LogP contribution in [0.25, 0.3) is 0 Å². The van der Waals surface area contributed by atoms with Gasteiger partial charge in [-0.25, -0.2) is 0 Å². The molecule has 0 saturated carbocycles. The molecule has 0 aliphatic carbocycles. The predicted octanol–water partition coefficient (Wildman–Crippen LogP) is 4.03. The molecule has 0 saturated heterocycles.